The van der Waals surface area contributed by atoms with Gasteiger partial charge in [0.15, 0.2) is 11.5 Å². The van der Waals surface area contributed by atoms with Crippen LogP contribution in [0.5, 0.6) is 17.2 Å². The van der Waals surface area contributed by atoms with Crippen molar-refractivity contribution >= 4 is 23.6 Å². The van der Waals surface area contributed by atoms with Crippen LogP contribution < -0.4 is 19.5 Å². The van der Waals surface area contributed by atoms with Crippen molar-refractivity contribution in [3.05, 3.63) is 41.5 Å². The summed E-state index contributed by atoms with van der Waals surface area (Å²) >= 11 is 1.52. The van der Waals surface area contributed by atoms with Gasteiger partial charge in [0.25, 0.3) is 5.91 Å². The second-order valence-corrected chi connectivity index (χ2v) is 9.37. The zero-order chi connectivity index (χ0) is 23.5. The molecule has 172 valence electrons. The highest BCUT2D eigenvalue weighted by molar-refractivity contribution is 7.99. The minimum absolute atomic E-state index is 0.0471. The van der Waals surface area contributed by atoms with Crippen LogP contribution >= 0.6 is 11.8 Å². The third-order valence-electron chi connectivity index (χ3n) is 5.70. The predicted molar refractivity (Wildman–Crippen MR) is 125 cm³/mol. The van der Waals surface area contributed by atoms with Crippen molar-refractivity contribution in [3.63, 3.8) is 0 Å². The van der Waals surface area contributed by atoms with Gasteiger partial charge in [-0.1, -0.05) is 19.9 Å². The summed E-state index contributed by atoms with van der Waals surface area (Å²) < 4.78 is 17.4. The molecule has 2 aromatic rings. The van der Waals surface area contributed by atoms with E-state index >= 15 is 0 Å². The van der Waals surface area contributed by atoms with E-state index in [0.29, 0.717) is 29.4 Å². The Morgan fingerprint density at radius 1 is 1.16 bits per heavy atom. The minimum atomic E-state index is -0.835. The summed E-state index contributed by atoms with van der Waals surface area (Å²) in [5.74, 6) is 0.618. The van der Waals surface area contributed by atoms with Crippen molar-refractivity contribution in [1.82, 2.24) is 5.32 Å². The number of aliphatic carboxylic acids is 1. The molecule has 0 radical (unpaired) electrons. The van der Waals surface area contributed by atoms with Gasteiger partial charge < -0.3 is 24.6 Å². The maximum absolute atomic E-state index is 11.9. The number of amides is 1. The summed E-state index contributed by atoms with van der Waals surface area (Å²) in [6, 6.07) is 9.39. The molecule has 1 heterocycles. The van der Waals surface area contributed by atoms with E-state index in [4.69, 9.17) is 14.2 Å². The molecule has 1 aliphatic heterocycles. The minimum Gasteiger partial charge on any atom is -0.493 e. The van der Waals surface area contributed by atoms with Crippen LogP contribution in [-0.2, 0) is 11.3 Å². The Hall–Kier alpha value is -2.87. The Labute approximate surface area is 192 Å². The molecular weight excluding hydrogens is 430 g/mol. The predicted octanol–water partition coefficient (Wildman–Crippen LogP) is 4.23. The van der Waals surface area contributed by atoms with Gasteiger partial charge in [0.05, 0.1) is 27.2 Å². The SMILES string of the molecule is COc1ccc(-c2ccc3c(c2)CNC3=O)c(OCC(C)(C)C(CC(=O)O)SC)c1OC. The lowest BCUT2D eigenvalue weighted by atomic mass is 9.88. The normalized spacial score (nSPS) is 13.8. The highest BCUT2D eigenvalue weighted by Crippen LogP contribution is 2.46. The first-order valence-electron chi connectivity index (χ1n) is 10.3. The molecule has 2 aromatic carbocycles. The number of ether oxygens (including phenoxy) is 3. The fourth-order valence-electron chi connectivity index (χ4n) is 3.86. The Kier molecular flexibility index (Phi) is 7.23. The Morgan fingerprint density at radius 2 is 1.88 bits per heavy atom. The van der Waals surface area contributed by atoms with Gasteiger partial charge in [0.1, 0.15) is 0 Å². The molecule has 0 spiro atoms. The van der Waals surface area contributed by atoms with Crippen LogP contribution in [0.2, 0.25) is 0 Å². The molecule has 0 aliphatic carbocycles. The highest BCUT2D eigenvalue weighted by Gasteiger charge is 2.33. The van der Waals surface area contributed by atoms with E-state index in [2.05, 4.69) is 5.32 Å². The molecule has 1 atom stereocenters. The molecule has 32 heavy (non-hydrogen) atoms. The van der Waals surface area contributed by atoms with Crippen LogP contribution in [0.1, 0.15) is 36.2 Å². The lowest BCUT2D eigenvalue weighted by molar-refractivity contribution is -0.137. The quantitative estimate of drug-likeness (QED) is 0.549. The van der Waals surface area contributed by atoms with Gasteiger partial charge in [-0.15, -0.1) is 0 Å². The van der Waals surface area contributed by atoms with Crippen molar-refractivity contribution in [1.29, 1.82) is 0 Å². The number of carbonyl (C=O) groups is 2. The third-order valence-corrected chi connectivity index (χ3v) is 7.08. The van der Waals surface area contributed by atoms with Crippen LogP contribution in [-0.4, -0.2) is 49.3 Å². The maximum atomic E-state index is 11.9. The molecule has 0 saturated heterocycles. The molecule has 0 aromatic heterocycles. The van der Waals surface area contributed by atoms with Gasteiger partial charge in [0.2, 0.25) is 5.75 Å². The van der Waals surface area contributed by atoms with Crippen molar-refractivity contribution in [2.75, 3.05) is 27.1 Å². The van der Waals surface area contributed by atoms with Crippen LogP contribution in [0.3, 0.4) is 0 Å². The summed E-state index contributed by atoms with van der Waals surface area (Å²) in [6.45, 7) is 4.77. The van der Waals surface area contributed by atoms with E-state index in [-0.39, 0.29) is 24.2 Å². The van der Waals surface area contributed by atoms with Crippen molar-refractivity contribution < 1.29 is 28.9 Å². The summed E-state index contributed by atoms with van der Waals surface area (Å²) in [4.78, 5) is 23.2. The van der Waals surface area contributed by atoms with E-state index in [1.54, 1.807) is 14.2 Å². The summed E-state index contributed by atoms with van der Waals surface area (Å²) in [5.41, 5.74) is 2.88. The number of hydrogen-bond acceptors (Lipinski definition) is 6. The maximum Gasteiger partial charge on any atom is 0.304 e. The first-order valence-corrected chi connectivity index (χ1v) is 11.5. The number of methoxy groups -OCH3 is 2. The number of thioether (sulfide) groups is 1. The molecule has 1 unspecified atom stereocenters. The standard InChI is InChI=1S/C24H29NO6S/c1-24(2,19(32-5)11-20(26)27)13-31-21-16(8-9-18(29-3)22(21)30-4)14-6-7-17-15(10-14)12-25-23(17)28/h6-10,19H,11-13H2,1-5H3,(H,25,28)(H,26,27). The number of carboxylic acid groups (broad SMARTS) is 1. The lowest BCUT2D eigenvalue weighted by Crippen LogP contribution is -2.34. The first kappa shape index (κ1) is 23.8. The van der Waals surface area contributed by atoms with Crippen LogP contribution in [0.25, 0.3) is 11.1 Å². The number of benzene rings is 2. The Bertz CT molecular complexity index is 1020. The molecule has 0 bridgehead atoms. The molecule has 8 heteroatoms. The zero-order valence-electron chi connectivity index (χ0n) is 19.0. The molecule has 3 rings (SSSR count). The van der Waals surface area contributed by atoms with Crippen molar-refractivity contribution in [2.45, 2.75) is 32.1 Å². The monoisotopic (exact) mass is 459 g/mol. The van der Waals surface area contributed by atoms with E-state index < -0.39 is 11.4 Å². The molecule has 0 fully saturated rings. The summed E-state index contributed by atoms with van der Waals surface area (Å²) in [6.07, 6.45) is 1.96. The van der Waals surface area contributed by atoms with Gasteiger partial charge in [-0.25, -0.2) is 0 Å². The fourth-order valence-corrected chi connectivity index (χ4v) is 4.87. The number of hydrogen-bond donors (Lipinski definition) is 2. The molecule has 1 aliphatic rings. The summed E-state index contributed by atoms with van der Waals surface area (Å²) in [7, 11) is 3.12. The summed E-state index contributed by atoms with van der Waals surface area (Å²) in [5, 5.41) is 12.0. The van der Waals surface area contributed by atoms with Crippen LogP contribution in [0, 0.1) is 5.41 Å². The number of fused-ring (bicyclic) bond motifs is 1. The third kappa shape index (κ3) is 4.80. The molecule has 7 nitrogen and oxygen atoms in total. The second-order valence-electron chi connectivity index (χ2n) is 8.33. The fraction of sp³-hybridized carbons (Fsp3) is 0.417. The molecular formula is C24H29NO6S. The highest BCUT2D eigenvalue weighted by atomic mass is 32.2. The van der Waals surface area contributed by atoms with E-state index in [0.717, 1.165) is 16.7 Å². The largest absolute Gasteiger partial charge is 0.493 e. The average Bonchev–Trinajstić information content (AvgIpc) is 3.14. The molecule has 2 N–H and O–H groups in total. The van der Waals surface area contributed by atoms with Crippen molar-refractivity contribution in [3.8, 4) is 28.4 Å². The Morgan fingerprint density at radius 3 is 2.50 bits per heavy atom. The smallest absolute Gasteiger partial charge is 0.304 e. The van der Waals surface area contributed by atoms with Crippen LogP contribution in [0.4, 0.5) is 0 Å². The van der Waals surface area contributed by atoms with Crippen LogP contribution in [0.15, 0.2) is 30.3 Å². The van der Waals surface area contributed by atoms with E-state index in [9.17, 15) is 14.7 Å². The molecule has 0 saturated carbocycles. The molecule has 1 amide bonds. The van der Waals surface area contributed by atoms with Gasteiger partial charge in [-0.05, 0) is 41.6 Å². The average molecular weight is 460 g/mol. The number of carboxylic acids is 1. The lowest BCUT2D eigenvalue weighted by Gasteiger charge is -2.32. The second kappa shape index (κ2) is 9.73. The van der Waals surface area contributed by atoms with Crippen molar-refractivity contribution in [2.24, 2.45) is 5.41 Å². The van der Waals surface area contributed by atoms with Gasteiger partial charge in [0, 0.05) is 28.3 Å². The van der Waals surface area contributed by atoms with Gasteiger partial charge in [-0.2, -0.15) is 11.8 Å². The number of carbonyl (C=O) groups excluding carboxylic acids is 1. The topological polar surface area (TPSA) is 94.1 Å². The number of nitrogens with one attached hydrogen (secondary N) is 1. The van der Waals surface area contributed by atoms with E-state index in [1.165, 1.54) is 11.8 Å². The number of rotatable bonds is 10. The van der Waals surface area contributed by atoms with Gasteiger partial charge in [-0.3, -0.25) is 9.59 Å². The van der Waals surface area contributed by atoms with Gasteiger partial charge >= 0.3 is 5.97 Å². The first-order chi connectivity index (χ1) is 15.2. The zero-order valence-corrected chi connectivity index (χ0v) is 19.8. The van der Waals surface area contributed by atoms with E-state index in [1.807, 2.05) is 50.4 Å². The Balaban J connectivity index is 2.00.